The van der Waals surface area contributed by atoms with Gasteiger partial charge in [0.05, 0.1) is 55.0 Å². The Bertz CT molecular complexity index is 1370. The molecular formula is C30H40N4O6. The zero-order valence-corrected chi connectivity index (χ0v) is 24.6. The third-order valence-electron chi connectivity index (χ3n) is 5.85. The van der Waals surface area contributed by atoms with Gasteiger partial charge in [-0.1, -0.05) is 5.92 Å². The van der Waals surface area contributed by atoms with Crippen molar-refractivity contribution in [2.45, 2.75) is 54.4 Å². The Kier molecular flexibility index (Phi) is 11.4. The predicted octanol–water partition coefficient (Wildman–Crippen LogP) is 4.71. The van der Waals surface area contributed by atoms with Crippen molar-refractivity contribution in [2.75, 3.05) is 33.2 Å². The van der Waals surface area contributed by atoms with E-state index in [1.54, 1.807) is 46.1 Å². The molecule has 0 bridgehead atoms. The summed E-state index contributed by atoms with van der Waals surface area (Å²) in [5, 5.41) is 0. The van der Waals surface area contributed by atoms with Gasteiger partial charge in [0.1, 0.15) is 5.69 Å². The highest BCUT2D eigenvalue weighted by Crippen LogP contribution is 2.26. The average Bonchev–Trinajstić information content (AvgIpc) is 3.31. The summed E-state index contributed by atoms with van der Waals surface area (Å²) in [6.07, 6.45) is 0.939. The summed E-state index contributed by atoms with van der Waals surface area (Å²) in [4.78, 5) is 35.4. The Hall–Kier alpha value is -4.26. The van der Waals surface area contributed by atoms with Gasteiger partial charge >= 0.3 is 11.9 Å². The molecule has 0 radical (unpaired) electrons. The first kappa shape index (κ1) is 32.0. The first-order valence-corrected chi connectivity index (χ1v) is 13.0. The molecule has 3 rings (SSSR count). The molecule has 216 valence electrons. The highest BCUT2D eigenvalue weighted by atomic mass is 16.5. The fourth-order valence-corrected chi connectivity index (χ4v) is 3.54. The smallest absolute Gasteiger partial charge is 0.312 e. The molecule has 0 saturated heterocycles. The lowest BCUT2D eigenvalue weighted by Crippen LogP contribution is -2.29. The van der Waals surface area contributed by atoms with Gasteiger partial charge in [-0.05, 0) is 65.7 Å². The number of carbonyl (C=O) groups is 2. The van der Waals surface area contributed by atoms with Crippen LogP contribution >= 0.6 is 0 Å². The lowest BCUT2D eigenvalue weighted by molar-refractivity contribution is -0.154. The topological polar surface area (TPSA) is 139 Å². The lowest BCUT2D eigenvalue weighted by atomic mass is 9.88. The van der Waals surface area contributed by atoms with Gasteiger partial charge in [-0.25, -0.2) is 9.97 Å². The van der Waals surface area contributed by atoms with Gasteiger partial charge in [-0.15, -0.1) is 0 Å². The predicted molar refractivity (Wildman–Crippen MR) is 154 cm³/mol. The number of anilines is 1. The van der Waals surface area contributed by atoms with Crippen molar-refractivity contribution in [1.82, 2.24) is 15.0 Å². The van der Waals surface area contributed by atoms with E-state index in [-0.39, 0.29) is 11.9 Å². The molecule has 10 nitrogen and oxygen atoms in total. The maximum atomic E-state index is 11.9. The number of rotatable bonds is 9. The Morgan fingerprint density at radius 2 is 1.48 bits per heavy atom. The Balaban J connectivity index is 0.000000280. The molecule has 0 aliphatic rings. The van der Waals surface area contributed by atoms with Crippen LogP contribution in [0.3, 0.4) is 0 Å². The van der Waals surface area contributed by atoms with E-state index in [4.69, 9.17) is 24.7 Å². The van der Waals surface area contributed by atoms with Crippen LogP contribution in [0.25, 0.3) is 11.0 Å². The number of hydrogen-bond donors (Lipinski definition) is 2. The Labute approximate surface area is 236 Å². The number of hydrogen-bond acceptors (Lipinski definition) is 9. The second kappa shape index (κ2) is 14.2. The number of pyridine rings is 2. The molecule has 0 amide bonds. The van der Waals surface area contributed by atoms with Crippen LogP contribution in [-0.4, -0.2) is 54.3 Å². The number of fused-ring (bicyclic) bond motifs is 1. The highest BCUT2D eigenvalue weighted by molar-refractivity contribution is 5.79. The first-order chi connectivity index (χ1) is 18.9. The van der Waals surface area contributed by atoms with Crippen molar-refractivity contribution < 1.29 is 28.5 Å². The second-order valence-electron chi connectivity index (χ2n) is 10.2. The van der Waals surface area contributed by atoms with E-state index in [2.05, 4.69) is 26.8 Å². The number of methoxy groups -OCH3 is 2. The molecule has 0 fully saturated rings. The normalized spacial score (nSPS) is 11.0. The van der Waals surface area contributed by atoms with Gasteiger partial charge in [0.2, 0.25) is 11.8 Å². The number of H-pyrrole nitrogens is 1. The molecule has 0 saturated carbocycles. The number of esters is 2. The number of ether oxygens (including phenoxy) is 4. The van der Waals surface area contributed by atoms with Crippen LogP contribution in [0.1, 0.15) is 59.4 Å². The third kappa shape index (κ3) is 8.90. The molecule has 10 heteroatoms. The Morgan fingerprint density at radius 3 is 2.08 bits per heavy atom. The summed E-state index contributed by atoms with van der Waals surface area (Å²) in [6, 6.07) is 9.02. The molecule has 0 spiro atoms. The number of carbonyl (C=O) groups excluding carboxylic acids is 2. The van der Waals surface area contributed by atoms with E-state index in [1.807, 2.05) is 32.9 Å². The fraction of sp³-hybridized carbons (Fsp3) is 0.467. The van der Waals surface area contributed by atoms with Crippen LogP contribution in [0.5, 0.6) is 11.8 Å². The monoisotopic (exact) mass is 552 g/mol. The molecule has 3 N–H and O–H groups in total. The molecule has 3 aromatic rings. The number of aromatic nitrogens is 3. The summed E-state index contributed by atoms with van der Waals surface area (Å²) >= 11 is 0. The molecule has 0 aliphatic carbocycles. The lowest BCUT2D eigenvalue weighted by Gasteiger charge is -2.21. The molecule has 0 unspecified atom stereocenters. The van der Waals surface area contributed by atoms with E-state index in [0.29, 0.717) is 49.2 Å². The minimum Gasteiger partial charge on any atom is -0.481 e. The van der Waals surface area contributed by atoms with E-state index in [0.717, 1.165) is 16.7 Å². The van der Waals surface area contributed by atoms with Crippen LogP contribution in [0, 0.1) is 22.7 Å². The van der Waals surface area contributed by atoms with Crippen LogP contribution in [0.2, 0.25) is 0 Å². The zero-order chi connectivity index (χ0) is 29.9. The van der Waals surface area contributed by atoms with Crippen molar-refractivity contribution in [3.8, 4) is 23.6 Å². The summed E-state index contributed by atoms with van der Waals surface area (Å²) in [5.41, 5.74) is 8.21. The number of nitrogens with one attached hydrogen (secondary N) is 1. The molecule has 3 aromatic heterocycles. The second-order valence-corrected chi connectivity index (χ2v) is 10.2. The quantitative estimate of drug-likeness (QED) is 0.285. The van der Waals surface area contributed by atoms with Gasteiger partial charge < -0.3 is 29.7 Å². The van der Waals surface area contributed by atoms with Crippen LogP contribution in [0.15, 0.2) is 30.3 Å². The van der Waals surface area contributed by atoms with Gasteiger partial charge in [0.25, 0.3) is 0 Å². The molecular weight excluding hydrogens is 512 g/mol. The van der Waals surface area contributed by atoms with Gasteiger partial charge in [-0.3, -0.25) is 9.59 Å². The minimum atomic E-state index is -0.656. The largest absolute Gasteiger partial charge is 0.481 e. The maximum Gasteiger partial charge on any atom is 0.312 e. The average molecular weight is 553 g/mol. The van der Waals surface area contributed by atoms with Crippen molar-refractivity contribution in [3.63, 3.8) is 0 Å². The van der Waals surface area contributed by atoms with E-state index < -0.39 is 10.8 Å². The third-order valence-corrected chi connectivity index (χ3v) is 5.85. The van der Waals surface area contributed by atoms with Gasteiger partial charge in [0, 0.05) is 30.7 Å². The van der Waals surface area contributed by atoms with Crippen molar-refractivity contribution in [2.24, 2.45) is 10.8 Å². The fourth-order valence-electron chi connectivity index (χ4n) is 3.54. The molecule has 40 heavy (non-hydrogen) atoms. The standard InChI is InChI=1S/2C15H20N2O3/c1-5-20-14(18)15(2,3)9-10-8-12-11(16-10)6-7-13(17-12)19-4;1-5-20-14(18)15(2,3)10-6-7-12-11(16)8-9-13(17-12)19-4/h6-8,16H,5,9H2,1-4H3;8-9H,5,10,16H2,1-4H3. The summed E-state index contributed by atoms with van der Waals surface area (Å²) in [6.45, 7) is 11.7. The number of nitrogens with zero attached hydrogens (tertiary/aromatic N) is 2. The molecule has 0 aliphatic heterocycles. The molecule has 3 heterocycles. The Morgan fingerprint density at radius 1 is 0.900 bits per heavy atom. The van der Waals surface area contributed by atoms with E-state index in [1.165, 1.54) is 7.11 Å². The summed E-state index contributed by atoms with van der Waals surface area (Å²) < 4.78 is 20.2. The van der Waals surface area contributed by atoms with E-state index >= 15 is 0 Å². The molecule has 0 atom stereocenters. The van der Waals surface area contributed by atoms with Crippen LogP contribution < -0.4 is 15.2 Å². The van der Waals surface area contributed by atoms with Crippen molar-refractivity contribution in [3.05, 3.63) is 41.7 Å². The minimum absolute atomic E-state index is 0.191. The number of aromatic amines is 1. The highest BCUT2D eigenvalue weighted by Gasteiger charge is 2.30. The number of nitrogen functional groups attached to an aromatic ring is 1. The SMILES string of the molecule is CCOC(=O)C(C)(C)CC#Cc1nc(OC)ccc1N.CCOC(=O)C(C)(C)Cc1cc2nc(OC)ccc2[nH]1. The first-order valence-electron chi connectivity index (χ1n) is 13.0. The van der Waals surface area contributed by atoms with Crippen molar-refractivity contribution in [1.29, 1.82) is 0 Å². The van der Waals surface area contributed by atoms with Crippen molar-refractivity contribution >= 4 is 28.7 Å². The number of nitrogens with two attached hydrogens (primary N) is 1. The van der Waals surface area contributed by atoms with Crippen LogP contribution in [-0.2, 0) is 25.5 Å². The van der Waals surface area contributed by atoms with Crippen LogP contribution in [0.4, 0.5) is 5.69 Å². The van der Waals surface area contributed by atoms with E-state index in [9.17, 15) is 9.59 Å². The summed E-state index contributed by atoms with van der Waals surface area (Å²) in [7, 11) is 3.12. The van der Waals surface area contributed by atoms with Gasteiger partial charge in [0.15, 0.2) is 0 Å². The summed E-state index contributed by atoms with van der Waals surface area (Å²) in [5.74, 6) is 6.37. The molecule has 0 aromatic carbocycles. The zero-order valence-electron chi connectivity index (χ0n) is 24.6. The maximum absolute atomic E-state index is 11.9. The van der Waals surface area contributed by atoms with Gasteiger partial charge in [-0.2, -0.15) is 0 Å².